The summed E-state index contributed by atoms with van der Waals surface area (Å²) in [7, 11) is 0. The largest absolute Gasteiger partial charge is 0.353 e. The van der Waals surface area contributed by atoms with Crippen molar-refractivity contribution in [3.05, 3.63) is 53.3 Å². The number of aromatic nitrogens is 1. The van der Waals surface area contributed by atoms with Crippen molar-refractivity contribution in [2.45, 2.75) is 13.8 Å². The molecule has 0 amide bonds. The first-order valence-corrected chi connectivity index (χ1v) is 5.39. The Kier molecular flexibility index (Phi) is 3.06. The van der Waals surface area contributed by atoms with E-state index >= 15 is 0 Å². The lowest BCUT2D eigenvalue weighted by atomic mass is 10.1. The van der Waals surface area contributed by atoms with Gasteiger partial charge in [-0.05, 0) is 43.7 Å². The number of rotatable bonds is 2. The summed E-state index contributed by atoms with van der Waals surface area (Å²) in [5.74, 6) is 0. The lowest BCUT2D eigenvalue weighted by Gasteiger charge is -2.08. The molecule has 0 bridgehead atoms. The number of aryl methyl sites for hydroxylation is 2. The van der Waals surface area contributed by atoms with E-state index in [4.69, 9.17) is 5.26 Å². The highest BCUT2D eigenvalue weighted by molar-refractivity contribution is 5.66. The molecule has 0 aliphatic carbocycles. The number of hydrogen-bond acceptors (Lipinski definition) is 3. The summed E-state index contributed by atoms with van der Waals surface area (Å²) >= 11 is 0. The van der Waals surface area contributed by atoms with Gasteiger partial charge in [0.05, 0.1) is 23.1 Å². The van der Waals surface area contributed by atoms with Crippen molar-refractivity contribution in [2.75, 3.05) is 5.32 Å². The first kappa shape index (κ1) is 11.2. The van der Waals surface area contributed by atoms with Gasteiger partial charge < -0.3 is 5.32 Å². The van der Waals surface area contributed by atoms with Crippen molar-refractivity contribution < 1.29 is 0 Å². The fraction of sp³-hybridized carbons (Fsp3) is 0.143. The minimum Gasteiger partial charge on any atom is -0.353 e. The fourth-order valence-electron chi connectivity index (χ4n) is 1.56. The zero-order valence-corrected chi connectivity index (χ0v) is 9.86. The highest BCUT2D eigenvalue weighted by atomic mass is 14.9. The van der Waals surface area contributed by atoms with Crippen LogP contribution in [-0.2, 0) is 0 Å². The van der Waals surface area contributed by atoms with E-state index in [0.29, 0.717) is 5.56 Å². The number of hydrogen-bond donors (Lipinski definition) is 1. The van der Waals surface area contributed by atoms with Gasteiger partial charge >= 0.3 is 0 Å². The maximum absolute atomic E-state index is 9.03. The molecule has 1 aromatic heterocycles. The van der Waals surface area contributed by atoms with E-state index in [-0.39, 0.29) is 0 Å². The molecule has 2 rings (SSSR count). The van der Waals surface area contributed by atoms with Crippen LogP contribution in [-0.4, -0.2) is 4.98 Å². The third kappa shape index (κ3) is 2.61. The molecule has 0 saturated carbocycles. The van der Waals surface area contributed by atoms with Gasteiger partial charge in [0.1, 0.15) is 6.07 Å². The molecule has 2 aromatic rings. The standard InChI is InChI=1S/C14H13N3/c1-10-3-5-12(8-15)14(7-10)17-13-6-4-11(2)16-9-13/h3-7,9,17H,1-2H3. The Morgan fingerprint density at radius 2 is 2.00 bits per heavy atom. The Morgan fingerprint density at radius 3 is 2.65 bits per heavy atom. The predicted molar refractivity (Wildman–Crippen MR) is 68.2 cm³/mol. The van der Waals surface area contributed by atoms with Crippen molar-refractivity contribution in [3.63, 3.8) is 0 Å². The molecule has 0 spiro atoms. The van der Waals surface area contributed by atoms with Crippen LogP contribution in [0.4, 0.5) is 11.4 Å². The third-order valence-electron chi connectivity index (χ3n) is 2.49. The first-order valence-electron chi connectivity index (χ1n) is 5.39. The first-order chi connectivity index (χ1) is 8.19. The highest BCUT2D eigenvalue weighted by Gasteiger charge is 2.02. The number of benzene rings is 1. The Balaban J connectivity index is 2.32. The van der Waals surface area contributed by atoms with Gasteiger partial charge in [-0.3, -0.25) is 4.98 Å². The van der Waals surface area contributed by atoms with Crippen LogP contribution in [0.15, 0.2) is 36.5 Å². The smallest absolute Gasteiger partial charge is 0.101 e. The Bertz CT molecular complexity index is 565. The van der Waals surface area contributed by atoms with Crippen molar-refractivity contribution in [3.8, 4) is 6.07 Å². The molecule has 0 unspecified atom stereocenters. The molecule has 0 radical (unpaired) electrons. The topological polar surface area (TPSA) is 48.7 Å². The van der Waals surface area contributed by atoms with Crippen LogP contribution in [0, 0.1) is 25.2 Å². The van der Waals surface area contributed by atoms with Gasteiger partial charge in [0.2, 0.25) is 0 Å². The number of nitrogens with one attached hydrogen (secondary N) is 1. The van der Waals surface area contributed by atoms with Crippen molar-refractivity contribution >= 4 is 11.4 Å². The van der Waals surface area contributed by atoms with Gasteiger partial charge in [-0.1, -0.05) is 6.07 Å². The van der Waals surface area contributed by atoms with E-state index in [0.717, 1.165) is 22.6 Å². The number of anilines is 2. The van der Waals surface area contributed by atoms with Crippen LogP contribution < -0.4 is 5.32 Å². The molecule has 0 aliphatic rings. The third-order valence-corrected chi connectivity index (χ3v) is 2.49. The molecule has 0 atom stereocenters. The average Bonchev–Trinajstić information content (AvgIpc) is 2.32. The predicted octanol–water partition coefficient (Wildman–Crippen LogP) is 3.31. The van der Waals surface area contributed by atoms with E-state index < -0.39 is 0 Å². The van der Waals surface area contributed by atoms with Crippen LogP contribution in [0.3, 0.4) is 0 Å². The molecular formula is C14H13N3. The fourth-order valence-corrected chi connectivity index (χ4v) is 1.56. The molecule has 3 nitrogen and oxygen atoms in total. The summed E-state index contributed by atoms with van der Waals surface area (Å²) in [6.45, 7) is 3.94. The van der Waals surface area contributed by atoms with E-state index in [9.17, 15) is 0 Å². The normalized spacial score (nSPS) is 9.71. The second-order valence-electron chi connectivity index (χ2n) is 3.97. The Hall–Kier alpha value is -2.34. The molecule has 84 valence electrons. The molecule has 1 N–H and O–H groups in total. The van der Waals surface area contributed by atoms with Crippen molar-refractivity contribution in [1.82, 2.24) is 4.98 Å². The lowest BCUT2D eigenvalue weighted by Crippen LogP contribution is -1.95. The van der Waals surface area contributed by atoms with Crippen LogP contribution in [0.5, 0.6) is 0 Å². The van der Waals surface area contributed by atoms with Crippen LogP contribution in [0.1, 0.15) is 16.8 Å². The minimum atomic E-state index is 0.635. The molecule has 0 saturated heterocycles. The van der Waals surface area contributed by atoms with E-state index in [2.05, 4.69) is 16.4 Å². The quantitative estimate of drug-likeness (QED) is 0.849. The van der Waals surface area contributed by atoms with Gasteiger partial charge in [0, 0.05) is 5.69 Å². The van der Waals surface area contributed by atoms with Gasteiger partial charge in [-0.25, -0.2) is 0 Å². The molecule has 3 heteroatoms. The molecular weight excluding hydrogens is 210 g/mol. The zero-order valence-electron chi connectivity index (χ0n) is 9.86. The zero-order chi connectivity index (χ0) is 12.3. The maximum atomic E-state index is 9.03. The van der Waals surface area contributed by atoms with Crippen molar-refractivity contribution in [1.29, 1.82) is 5.26 Å². The van der Waals surface area contributed by atoms with Crippen LogP contribution in [0.25, 0.3) is 0 Å². The Labute approximate surface area is 101 Å². The van der Waals surface area contributed by atoms with Gasteiger partial charge in [-0.2, -0.15) is 5.26 Å². The number of nitriles is 1. The van der Waals surface area contributed by atoms with Crippen LogP contribution >= 0.6 is 0 Å². The summed E-state index contributed by atoms with van der Waals surface area (Å²) in [6, 6.07) is 11.8. The summed E-state index contributed by atoms with van der Waals surface area (Å²) in [5, 5.41) is 12.2. The summed E-state index contributed by atoms with van der Waals surface area (Å²) in [5.41, 5.74) is 4.43. The van der Waals surface area contributed by atoms with E-state index in [1.54, 1.807) is 6.20 Å². The molecule has 1 aromatic carbocycles. The average molecular weight is 223 g/mol. The van der Waals surface area contributed by atoms with E-state index in [1.165, 1.54) is 0 Å². The van der Waals surface area contributed by atoms with Gasteiger partial charge in [-0.15, -0.1) is 0 Å². The summed E-state index contributed by atoms with van der Waals surface area (Å²) in [6.07, 6.45) is 1.76. The highest BCUT2D eigenvalue weighted by Crippen LogP contribution is 2.21. The number of pyridine rings is 1. The molecule has 0 fully saturated rings. The SMILES string of the molecule is Cc1ccc(C#N)c(Nc2ccc(C)nc2)c1. The second-order valence-corrected chi connectivity index (χ2v) is 3.97. The maximum Gasteiger partial charge on any atom is 0.101 e. The molecule has 17 heavy (non-hydrogen) atoms. The monoisotopic (exact) mass is 223 g/mol. The van der Waals surface area contributed by atoms with E-state index in [1.807, 2.05) is 44.2 Å². The van der Waals surface area contributed by atoms with Gasteiger partial charge in [0.15, 0.2) is 0 Å². The lowest BCUT2D eigenvalue weighted by molar-refractivity contribution is 1.20. The second kappa shape index (κ2) is 4.67. The molecule has 1 heterocycles. The van der Waals surface area contributed by atoms with Crippen molar-refractivity contribution in [2.24, 2.45) is 0 Å². The Morgan fingerprint density at radius 1 is 1.18 bits per heavy atom. The summed E-state index contributed by atoms with van der Waals surface area (Å²) < 4.78 is 0. The van der Waals surface area contributed by atoms with Gasteiger partial charge in [0.25, 0.3) is 0 Å². The number of nitrogens with zero attached hydrogens (tertiary/aromatic N) is 2. The van der Waals surface area contributed by atoms with Crippen LogP contribution in [0.2, 0.25) is 0 Å². The summed E-state index contributed by atoms with van der Waals surface area (Å²) in [4.78, 5) is 4.21. The minimum absolute atomic E-state index is 0.635. The molecule has 0 aliphatic heterocycles.